The SMILES string of the molecule is CCS(=O)(=O)Cc1ccc2c(c1)C1=CN(C)CC=C1[C@H](C)N=C2c1ccc(OC)c(F)c1. The van der Waals surface area contributed by atoms with Crippen molar-refractivity contribution in [3.63, 3.8) is 0 Å². The Morgan fingerprint density at radius 2 is 1.97 bits per heavy atom. The molecule has 2 aliphatic rings. The second kappa shape index (κ2) is 8.54. The molecule has 5 nitrogen and oxygen atoms in total. The van der Waals surface area contributed by atoms with Crippen molar-refractivity contribution in [3.05, 3.63) is 82.3 Å². The maximum Gasteiger partial charge on any atom is 0.165 e. The third-order valence-electron chi connectivity index (χ3n) is 5.91. The first-order chi connectivity index (χ1) is 15.2. The number of fused-ring (bicyclic) bond motifs is 3. The van der Waals surface area contributed by atoms with Gasteiger partial charge in [0.15, 0.2) is 21.4 Å². The minimum atomic E-state index is -3.18. The molecule has 2 aromatic carbocycles. The highest BCUT2D eigenvalue weighted by Gasteiger charge is 2.28. The van der Waals surface area contributed by atoms with Gasteiger partial charge in [0.25, 0.3) is 0 Å². The highest BCUT2D eigenvalue weighted by Crippen LogP contribution is 2.37. The van der Waals surface area contributed by atoms with Crippen LogP contribution in [0.15, 0.2) is 59.2 Å². The Labute approximate surface area is 188 Å². The molecule has 0 saturated heterocycles. The second-order valence-corrected chi connectivity index (χ2v) is 10.6. The van der Waals surface area contributed by atoms with Crippen molar-refractivity contribution >= 4 is 21.1 Å². The zero-order valence-corrected chi connectivity index (χ0v) is 19.5. The topological polar surface area (TPSA) is 59.0 Å². The number of hydrogen-bond acceptors (Lipinski definition) is 5. The fourth-order valence-corrected chi connectivity index (χ4v) is 5.06. The average Bonchev–Trinajstić information content (AvgIpc) is 2.88. The van der Waals surface area contributed by atoms with E-state index in [2.05, 4.69) is 17.2 Å². The van der Waals surface area contributed by atoms with Crippen LogP contribution in [0.3, 0.4) is 0 Å². The van der Waals surface area contributed by atoms with Crippen LogP contribution in [0.2, 0.25) is 0 Å². The number of ether oxygens (including phenoxy) is 1. The van der Waals surface area contributed by atoms with Crippen molar-refractivity contribution < 1.29 is 17.5 Å². The number of nitrogens with zero attached hydrogens (tertiary/aromatic N) is 2. The van der Waals surface area contributed by atoms with Gasteiger partial charge in [-0.15, -0.1) is 0 Å². The number of likely N-dealkylation sites (N-methyl/N-ethyl adjacent to an activating group) is 1. The normalized spacial score (nSPS) is 18.1. The van der Waals surface area contributed by atoms with E-state index in [1.807, 2.05) is 32.2 Å². The molecule has 4 rings (SSSR count). The van der Waals surface area contributed by atoms with Crippen LogP contribution in [-0.4, -0.2) is 51.5 Å². The maximum atomic E-state index is 14.5. The Bertz CT molecular complexity index is 1260. The summed E-state index contributed by atoms with van der Waals surface area (Å²) in [7, 11) is 0.260. The Morgan fingerprint density at radius 3 is 2.66 bits per heavy atom. The van der Waals surface area contributed by atoms with Gasteiger partial charge in [-0.2, -0.15) is 0 Å². The molecule has 0 bridgehead atoms. The summed E-state index contributed by atoms with van der Waals surface area (Å²) in [5.74, 6) is -0.197. The maximum absolute atomic E-state index is 14.5. The number of benzene rings is 2. The van der Waals surface area contributed by atoms with Gasteiger partial charge in [-0.25, -0.2) is 12.8 Å². The van der Waals surface area contributed by atoms with E-state index in [-0.39, 0.29) is 23.3 Å². The van der Waals surface area contributed by atoms with Crippen molar-refractivity contribution in [2.75, 3.05) is 26.5 Å². The molecule has 0 aromatic heterocycles. The molecule has 0 saturated carbocycles. The van der Waals surface area contributed by atoms with E-state index in [1.165, 1.54) is 13.2 Å². The van der Waals surface area contributed by atoms with E-state index >= 15 is 0 Å². The molecular formula is C25H27FN2O3S. The molecular weight excluding hydrogens is 427 g/mol. The minimum absolute atomic E-state index is 0.0157. The molecule has 0 spiro atoms. The molecule has 168 valence electrons. The monoisotopic (exact) mass is 454 g/mol. The van der Waals surface area contributed by atoms with Gasteiger partial charge in [-0.05, 0) is 47.9 Å². The number of methoxy groups -OCH3 is 1. The molecule has 2 aliphatic heterocycles. The van der Waals surface area contributed by atoms with Gasteiger partial charge in [0.2, 0.25) is 0 Å². The lowest BCUT2D eigenvalue weighted by atomic mass is 9.88. The number of rotatable bonds is 5. The Hall–Kier alpha value is -2.93. The van der Waals surface area contributed by atoms with Gasteiger partial charge in [0, 0.05) is 42.2 Å². The van der Waals surface area contributed by atoms with Gasteiger partial charge < -0.3 is 9.64 Å². The van der Waals surface area contributed by atoms with E-state index < -0.39 is 15.7 Å². The minimum Gasteiger partial charge on any atom is -0.494 e. The zero-order chi connectivity index (χ0) is 23.0. The van der Waals surface area contributed by atoms with Crippen molar-refractivity contribution in [1.29, 1.82) is 0 Å². The molecule has 0 radical (unpaired) electrons. The molecule has 0 unspecified atom stereocenters. The Kier molecular flexibility index (Phi) is 5.95. The smallest absolute Gasteiger partial charge is 0.165 e. The van der Waals surface area contributed by atoms with Crippen molar-refractivity contribution in [2.45, 2.75) is 25.6 Å². The predicted molar refractivity (Wildman–Crippen MR) is 126 cm³/mol. The summed E-state index contributed by atoms with van der Waals surface area (Å²) >= 11 is 0. The first-order valence-corrected chi connectivity index (χ1v) is 12.4. The fourth-order valence-electron chi connectivity index (χ4n) is 4.16. The van der Waals surface area contributed by atoms with Gasteiger partial charge >= 0.3 is 0 Å². The Balaban J connectivity index is 1.93. The first kappa shape index (κ1) is 22.3. The summed E-state index contributed by atoms with van der Waals surface area (Å²) in [6, 6.07) is 10.4. The van der Waals surface area contributed by atoms with Crippen LogP contribution in [0.1, 0.15) is 36.1 Å². The molecule has 0 aliphatic carbocycles. The lowest BCUT2D eigenvalue weighted by Crippen LogP contribution is -2.19. The van der Waals surface area contributed by atoms with Gasteiger partial charge in [-0.1, -0.05) is 25.1 Å². The molecule has 1 atom stereocenters. The lowest BCUT2D eigenvalue weighted by molar-refractivity contribution is 0.386. The quantitative estimate of drug-likeness (QED) is 0.679. The molecule has 0 amide bonds. The standard InChI is InChI=1S/C25H27FN2O3S/c1-5-32(29,30)15-17-6-8-20-21(12-17)22-14-28(3)11-10-19(22)16(2)27-25(20)18-7-9-24(31-4)23(26)13-18/h6-10,12-14,16H,5,11,15H2,1-4H3/t16-/m0/s1. The highest BCUT2D eigenvalue weighted by molar-refractivity contribution is 7.90. The van der Waals surface area contributed by atoms with Crippen molar-refractivity contribution in [3.8, 4) is 5.75 Å². The molecule has 2 heterocycles. The van der Waals surface area contributed by atoms with Crippen LogP contribution in [0.25, 0.3) is 5.57 Å². The summed E-state index contributed by atoms with van der Waals surface area (Å²) < 4.78 is 44.1. The van der Waals surface area contributed by atoms with E-state index in [1.54, 1.807) is 19.1 Å². The molecule has 0 N–H and O–H groups in total. The Morgan fingerprint density at radius 1 is 1.19 bits per heavy atom. The summed E-state index contributed by atoms with van der Waals surface area (Å²) in [5, 5.41) is 0. The second-order valence-electron chi connectivity index (χ2n) is 8.20. The number of hydrogen-bond donors (Lipinski definition) is 0. The largest absolute Gasteiger partial charge is 0.494 e. The van der Waals surface area contributed by atoms with E-state index in [9.17, 15) is 12.8 Å². The van der Waals surface area contributed by atoms with Crippen LogP contribution >= 0.6 is 0 Å². The first-order valence-electron chi connectivity index (χ1n) is 10.6. The average molecular weight is 455 g/mol. The summed E-state index contributed by atoms with van der Waals surface area (Å²) in [6.45, 7) is 4.45. The molecule has 32 heavy (non-hydrogen) atoms. The van der Waals surface area contributed by atoms with Crippen LogP contribution in [0.5, 0.6) is 5.75 Å². The van der Waals surface area contributed by atoms with Crippen LogP contribution in [-0.2, 0) is 15.6 Å². The van der Waals surface area contributed by atoms with Crippen LogP contribution in [0, 0.1) is 5.82 Å². The van der Waals surface area contributed by atoms with Crippen LogP contribution < -0.4 is 4.74 Å². The number of sulfone groups is 1. The zero-order valence-electron chi connectivity index (χ0n) is 18.7. The number of aliphatic imine (C=N–C) groups is 1. The van der Waals surface area contributed by atoms with Gasteiger partial charge in [0.1, 0.15) is 0 Å². The predicted octanol–water partition coefficient (Wildman–Crippen LogP) is 4.22. The lowest BCUT2D eigenvalue weighted by Gasteiger charge is -2.25. The highest BCUT2D eigenvalue weighted by atomic mass is 32.2. The third-order valence-corrected chi connectivity index (χ3v) is 7.57. The summed E-state index contributed by atoms with van der Waals surface area (Å²) in [4.78, 5) is 7.06. The van der Waals surface area contributed by atoms with Gasteiger partial charge in [-0.3, -0.25) is 4.99 Å². The van der Waals surface area contributed by atoms with Crippen molar-refractivity contribution in [2.24, 2.45) is 4.99 Å². The van der Waals surface area contributed by atoms with E-state index in [0.717, 1.165) is 34.4 Å². The summed E-state index contributed by atoms with van der Waals surface area (Å²) in [6.07, 6.45) is 4.23. The third kappa shape index (κ3) is 4.21. The van der Waals surface area contributed by atoms with Crippen LogP contribution in [0.4, 0.5) is 4.39 Å². The number of halogens is 1. The molecule has 7 heteroatoms. The summed E-state index contributed by atoms with van der Waals surface area (Å²) in [5.41, 5.74) is 5.92. The molecule has 0 fully saturated rings. The molecule has 2 aromatic rings. The van der Waals surface area contributed by atoms with Crippen molar-refractivity contribution in [1.82, 2.24) is 4.90 Å². The van der Waals surface area contributed by atoms with E-state index in [4.69, 9.17) is 9.73 Å². The van der Waals surface area contributed by atoms with E-state index in [0.29, 0.717) is 11.3 Å². The fraction of sp³-hybridized carbons (Fsp3) is 0.320. The van der Waals surface area contributed by atoms with Gasteiger partial charge in [0.05, 0.1) is 24.6 Å².